The molecule has 1 aliphatic heterocycles. The minimum atomic E-state index is -0.0811. The van der Waals surface area contributed by atoms with E-state index in [-0.39, 0.29) is 11.3 Å². The molecule has 1 saturated heterocycles. The molecular formula is C12H16ClNO. The highest BCUT2D eigenvalue weighted by Crippen LogP contribution is 2.40. The standard InChI is InChI=1S/C12H16ClNO/c1-8-4-5-9(10(13)11(8)15)12(2)6-3-7-14-12/h4-5,14-15H,3,6-7H2,1-2H3. The molecule has 2 N–H and O–H groups in total. The van der Waals surface area contributed by atoms with Crippen molar-refractivity contribution in [1.29, 1.82) is 0 Å². The number of nitrogens with one attached hydrogen (secondary N) is 1. The summed E-state index contributed by atoms with van der Waals surface area (Å²) in [5.41, 5.74) is 1.75. The lowest BCUT2D eigenvalue weighted by Crippen LogP contribution is -2.33. The lowest BCUT2D eigenvalue weighted by atomic mass is 9.89. The van der Waals surface area contributed by atoms with E-state index in [1.165, 1.54) is 0 Å². The summed E-state index contributed by atoms with van der Waals surface area (Å²) in [4.78, 5) is 0. The fourth-order valence-electron chi connectivity index (χ4n) is 2.21. The fraction of sp³-hybridized carbons (Fsp3) is 0.500. The van der Waals surface area contributed by atoms with Crippen molar-refractivity contribution in [3.05, 3.63) is 28.3 Å². The maximum absolute atomic E-state index is 9.80. The van der Waals surface area contributed by atoms with Gasteiger partial charge in [0.2, 0.25) is 0 Å². The average molecular weight is 226 g/mol. The molecule has 0 aliphatic carbocycles. The smallest absolute Gasteiger partial charge is 0.137 e. The molecule has 0 aromatic heterocycles. The van der Waals surface area contributed by atoms with Gasteiger partial charge in [0.25, 0.3) is 0 Å². The number of benzene rings is 1. The largest absolute Gasteiger partial charge is 0.506 e. The summed E-state index contributed by atoms with van der Waals surface area (Å²) in [6.07, 6.45) is 2.22. The number of hydrogen-bond acceptors (Lipinski definition) is 2. The Morgan fingerprint density at radius 3 is 2.80 bits per heavy atom. The molecule has 2 nitrogen and oxygen atoms in total. The van der Waals surface area contributed by atoms with Gasteiger partial charge in [0.05, 0.1) is 5.02 Å². The van der Waals surface area contributed by atoms with Crippen LogP contribution in [0.2, 0.25) is 5.02 Å². The van der Waals surface area contributed by atoms with Crippen LogP contribution in [0.1, 0.15) is 30.9 Å². The third kappa shape index (κ3) is 1.72. The third-order valence-corrected chi connectivity index (χ3v) is 3.66. The zero-order chi connectivity index (χ0) is 11.1. The molecule has 2 rings (SSSR count). The van der Waals surface area contributed by atoms with Gasteiger partial charge in [-0.15, -0.1) is 0 Å². The number of phenols is 1. The summed E-state index contributed by atoms with van der Waals surface area (Å²) in [5, 5.41) is 13.7. The lowest BCUT2D eigenvalue weighted by Gasteiger charge is -2.26. The summed E-state index contributed by atoms with van der Waals surface area (Å²) < 4.78 is 0. The van der Waals surface area contributed by atoms with Gasteiger partial charge >= 0.3 is 0 Å². The molecule has 0 bridgehead atoms. The topological polar surface area (TPSA) is 32.3 Å². The van der Waals surface area contributed by atoms with E-state index in [0.717, 1.165) is 30.5 Å². The SMILES string of the molecule is Cc1ccc(C2(C)CCCN2)c(Cl)c1O. The van der Waals surface area contributed by atoms with E-state index in [9.17, 15) is 5.11 Å². The third-order valence-electron chi connectivity index (χ3n) is 3.28. The number of aryl methyl sites for hydroxylation is 1. The Kier molecular flexibility index (Phi) is 2.65. The monoisotopic (exact) mass is 225 g/mol. The maximum atomic E-state index is 9.80. The second kappa shape index (κ2) is 3.69. The molecule has 1 aromatic carbocycles. The van der Waals surface area contributed by atoms with E-state index in [1.807, 2.05) is 19.1 Å². The number of phenolic OH excluding ortho intramolecular Hbond substituents is 1. The molecule has 0 spiro atoms. The van der Waals surface area contributed by atoms with Gasteiger partial charge in [0.1, 0.15) is 5.75 Å². The van der Waals surface area contributed by atoms with E-state index in [1.54, 1.807) is 0 Å². The molecule has 1 heterocycles. The Morgan fingerprint density at radius 1 is 1.47 bits per heavy atom. The van der Waals surface area contributed by atoms with Crippen molar-refractivity contribution < 1.29 is 5.11 Å². The van der Waals surface area contributed by atoms with E-state index in [0.29, 0.717) is 5.02 Å². The van der Waals surface area contributed by atoms with Gasteiger partial charge in [-0.1, -0.05) is 23.7 Å². The van der Waals surface area contributed by atoms with Crippen LogP contribution in [0.15, 0.2) is 12.1 Å². The lowest BCUT2D eigenvalue weighted by molar-refractivity contribution is 0.426. The molecule has 0 saturated carbocycles. The van der Waals surface area contributed by atoms with Crippen molar-refractivity contribution in [3.63, 3.8) is 0 Å². The molecule has 1 atom stereocenters. The predicted octanol–water partition coefficient (Wildman–Crippen LogP) is 2.95. The van der Waals surface area contributed by atoms with Crippen LogP contribution in [0, 0.1) is 6.92 Å². The Morgan fingerprint density at radius 2 is 2.20 bits per heavy atom. The minimum absolute atomic E-state index is 0.0811. The minimum Gasteiger partial charge on any atom is -0.506 e. The average Bonchev–Trinajstić information content (AvgIpc) is 2.62. The summed E-state index contributed by atoms with van der Waals surface area (Å²) in [6, 6.07) is 3.93. The molecule has 1 aromatic rings. The number of aromatic hydroxyl groups is 1. The maximum Gasteiger partial charge on any atom is 0.137 e. The second-order valence-electron chi connectivity index (χ2n) is 4.46. The molecule has 15 heavy (non-hydrogen) atoms. The summed E-state index contributed by atoms with van der Waals surface area (Å²) >= 11 is 6.18. The van der Waals surface area contributed by atoms with Gasteiger partial charge in [0.15, 0.2) is 0 Å². The molecule has 1 aliphatic rings. The van der Waals surface area contributed by atoms with Crippen LogP contribution in [0.25, 0.3) is 0 Å². The van der Waals surface area contributed by atoms with Crippen LogP contribution in [-0.4, -0.2) is 11.7 Å². The van der Waals surface area contributed by atoms with Gasteiger partial charge in [-0.25, -0.2) is 0 Å². The van der Waals surface area contributed by atoms with E-state index in [4.69, 9.17) is 11.6 Å². The normalized spacial score (nSPS) is 25.8. The zero-order valence-corrected chi connectivity index (χ0v) is 9.86. The van der Waals surface area contributed by atoms with Gasteiger partial charge in [0, 0.05) is 5.54 Å². The Bertz CT molecular complexity index is 383. The quantitative estimate of drug-likeness (QED) is 0.770. The molecule has 3 heteroatoms. The fourth-order valence-corrected chi connectivity index (χ4v) is 2.63. The Balaban J connectivity index is 2.49. The van der Waals surface area contributed by atoms with Crippen molar-refractivity contribution in [3.8, 4) is 5.75 Å². The molecule has 0 amide bonds. The van der Waals surface area contributed by atoms with Gasteiger partial charge < -0.3 is 10.4 Å². The first kappa shape index (κ1) is 10.8. The van der Waals surface area contributed by atoms with Crippen LogP contribution in [0.4, 0.5) is 0 Å². The number of rotatable bonds is 1. The highest BCUT2D eigenvalue weighted by atomic mass is 35.5. The molecule has 82 valence electrons. The highest BCUT2D eigenvalue weighted by molar-refractivity contribution is 6.33. The highest BCUT2D eigenvalue weighted by Gasteiger charge is 2.32. The van der Waals surface area contributed by atoms with Gasteiger partial charge in [-0.3, -0.25) is 0 Å². The molecular weight excluding hydrogens is 210 g/mol. The number of halogens is 1. The first-order valence-corrected chi connectivity index (χ1v) is 5.66. The second-order valence-corrected chi connectivity index (χ2v) is 4.83. The Hall–Kier alpha value is -0.730. The van der Waals surface area contributed by atoms with Crippen molar-refractivity contribution in [1.82, 2.24) is 5.32 Å². The van der Waals surface area contributed by atoms with E-state index < -0.39 is 0 Å². The zero-order valence-electron chi connectivity index (χ0n) is 9.10. The van der Waals surface area contributed by atoms with Crippen molar-refractivity contribution in [2.45, 2.75) is 32.2 Å². The van der Waals surface area contributed by atoms with Crippen LogP contribution in [0.5, 0.6) is 5.75 Å². The van der Waals surface area contributed by atoms with Crippen molar-refractivity contribution in [2.75, 3.05) is 6.54 Å². The summed E-state index contributed by atoms with van der Waals surface area (Å²) in [5.74, 6) is 0.212. The Labute approximate surface area is 95.3 Å². The number of hydrogen-bond donors (Lipinski definition) is 2. The van der Waals surface area contributed by atoms with Crippen molar-refractivity contribution >= 4 is 11.6 Å². The summed E-state index contributed by atoms with van der Waals surface area (Å²) in [6.45, 7) is 5.01. The summed E-state index contributed by atoms with van der Waals surface area (Å²) in [7, 11) is 0. The van der Waals surface area contributed by atoms with Crippen LogP contribution in [0.3, 0.4) is 0 Å². The molecule has 1 unspecified atom stereocenters. The van der Waals surface area contributed by atoms with Crippen molar-refractivity contribution in [2.24, 2.45) is 0 Å². The van der Waals surface area contributed by atoms with E-state index in [2.05, 4.69) is 12.2 Å². The van der Waals surface area contributed by atoms with Crippen LogP contribution >= 0.6 is 11.6 Å². The van der Waals surface area contributed by atoms with Gasteiger partial charge in [-0.05, 0) is 44.4 Å². The van der Waals surface area contributed by atoms with Crippen LogP contribution < -0.4 is 5.32 Å². The predicted molar refractivity (Wildman–Crippen MR) is 62.4 cm³/mol. The van der Waals surface area contributed by atoms with Gasteiger partial charge in [-0.2, -0.15) is 0 Å². The van der Waals surface area contributed by atoms with E-state index >= 15 is 0 Å². The molecule has 0 radical (unpaired) electrons. The molecule has 1 fully saturated rings. The first-order chi connectivity index (χ1) is 7.04. The first-order valence-electron chi connectivity index (χ1n) is 5.28. The van der Waals surface area contributed by atoms with Crippen LogP contribution in [-0.2, 0) is 5.54 Å².